The Morgan fingerprint density at radius 1 is 1.09 bits per heavy atom. The van der Waals surface area contributed by atoms with Crippen LogP contribution in [0.4, 0.5) is 11.4 Å². The molecule has 0 heterocycles. The van der Waals surface area contributed by atoms with E-state index >= 15 is 0 Å². The number of hydrogen-bond donors (Lipinski definition) is 0. The maximum absolute atomic E-state index is 12.5. The van der Waals surface area contributed by atoms with E-state index in [9.17, 15) is 4.79 Å². The van der Waals surface area contributed by atoms with Crippen LogP contribution >= 0.6 is 51.6 Å². The van der Waals surface area contributed by atoms with Gasteiger partial charge in [0.1, 0.15) is 11.4 Å². The van der Waals surface area contributed by atoms with Crippen LogP contribution in [-0.2, 0) is 14.3 Å². The molecule has 0 spiro atoms. The third-order valence-corrected chi connectivity index (χ3v) is 5.55. The van der Waals surface area contributed by atoms with Crippen molar-refractivity contribution in [1.29, 1.82) is 0 Å². The molecule has 5 nitrogen and oxygen atoms in total. The molecule has 0 N–H and O–H groups in total. The minimum atomic E-state index is -0.348. The van der Waals surface area contributed by atoms with Crippen LogP contribution < -0.4 is 9.64 Å². The van der Waals surface area contributed by atoms with Crippen molar-refractivity contribution < 1.29 is 19.0 Å². The molecule has 2 aromatic rings. The van der Waals surface area contributed by atoms with Gasteiger partial charge in [0.2, 0.25) is 5.78 Å². The monoisotopic (exact) mass is 740 g/mol. The van der Waals surface area contributed by atoms with Gasteiger partial charge in [0.15, 0.2) is 6.40 Å². The first-order chi connectivity index (χ1) is 16.4. The molecule has 0 saturated heterocycles. The molecular weight excluding hydrogens is 714 g/mol. The number of Topliss-reactive ketones (excluding diaryl/α,β-unsaturated/α-hetero) is 1. The van der Waals surface area contributed by atoms with E-state index in [1.807, 2.05) is 31.2 Å². The molecule has 0 unspecified atom stereocenters. The fraction of sp³-hybridized carbons (Fsp3) is 0.240. The second-order valence-electron chi connectivity index (χ2n) is 7.17. The number of aryl methyl sites for hydroxylation is 1. The molecule has 0 saturated carbocycles. The Bertz CT molecular complexity index is 1110. The fourth-order valence-corrected chi connectivity index (χ4v) is 3.43. The normalized spacial score (nSPS) is 14.6. The number of allylic oxidation sites excluding steroid dienone is 3. The number of hydrogen-bond acceptors (Lipinski definition) is 5. The number of aliphatic imine (C=N–C) groups is 2. The molecule has 0 aromatic heterocycles. The molecule has 0 radical (unpaired) electrons. The SMILES string of the molecule is CCN(CC)c1ccc(N=C2C=C(N=COc3ccccc3)C(=O)C(Cl)=C2C)c(C)c1.[I][V][I]. The molecule has 0 aliphatic heterocycles. The van der Waals surface area contributed by atoms with E-state index in [4.69, 9.17) is 21.3 Å². The van der Waals surface area contributed by atoms with E-state index in [2.05, 4.69) is 75.8 Å². The van der Waals surface area contributed by atoms with Gasteiger partial charge in [-0.15, -0.1) is 0 Å². The number of nitrogens with zero attached hydrogens (tertiary/aromatic N) is 3. The number of ketones is 1. The molecular formula is C25H26ClI2N3O2V. The van der Waals surface area contributed by atoms with Crippen LogP contribution in [0.15, 0.2) is 80.9 Å². The number of carbonyl (C=O) groups excluding carboxylic acids is 1. The Hall–Kier alpha value is -1.14. The van der Waals surface area contributed by atoms with Crippen molar-refractivity contribution in [3.8, 4) is 5.75 Å². The van der Waals surface area contributed by atoms with Gasteiger partial charge in [-0.05, 0) is 75.2 Å². The average Bonchev–Trinajstić information content (AvgIpc) is 2.84. The second-order valence-corrected chi connectivity index (χ2v) is 19.3. The van der Waals surface area contributed by atoms with E-state index in [1.54, 1.807) is 25.1 Å². The van der Waals surface area contributed by atoms with Gasteiger partial charge < -0.3 is 9.64 Å². The van der Waals surface area contributed by atoms with Crippen molar-refractivity contribution in [3.05, 3.63) is 76.5 Å². The summed E-state index contributed by atoms with van der Waals surface area (Å²) in [4.78, 5) is 23.8. The van der Waals surface area contributed by atoms with Crippen molar-refractivity contribution in [2.45, 2.75) is 27.7 Å². The topological polar surface area (TPSA) is 54.3 Å². The van der Waals surface area contributed by atoms with Gasteiger partial charge in [0.05, 0.1) is 16.4 Å². The summed E-state index contributed by atoms with van der Waals surface area (Å²) in [7, 11) is 0.628. The standard InChI is InChI=1S/C25H26ClN3O2.2HI.V/c1-5-29(6-2)19-12-13-21(17(3)14-19)28-22-15-23(25(30)24(26)18(22)4)27-16-31-20-10-8-7-9-11-20;;;/h7-16H,5-6H2,1-4H3;2*1H;/q;;;+2/p-2. The zero-order chi connectivity index (χ0) is 25.1. The first-order valence-corrected chi connectivity index (χ1v) is 20.0. The number of para-hydroxylation sites is 1. The van der Waals surface area contributed by atoms with Gasteiger partial charge in [-0.1, -0.05) is 29.8 Å². The molecule has 9 heteroatoms. The Labute approximate surface area is 235 Å². The summed E-state index contributed by atoms with van der Waals surface area (Å²) in [6, 6.07) is 15.4. The Morgan fingerprint density at radius 3 is 2.32 bits per heavy atom. The summed E-state index contributed by atoms with van der Waals surface area (Å²) in [5.74, 6) is 0.283. The first kappa shape index (κ1) is 29.1. The van der Waals surface area contributed by atoms with Crippen molar-refractivity contribution in [2.24, 2.45) is 9.98 Å². The number of halogens is 3. The molecule has 34 heavy (non-hydrogen) atoms. The van der Waals surface area contributed by atoms with E-state index in [0.29, 0.717) is 26.5 Å². The molecule has 1 aliphatic rings. The molecule has 179 valence electrons. The molecule has 0 bridgehead atoms. The molecule has 1 aliphatic carbocycles. The van der Waals surface area contributed by atoms with E-state index in [1.165, 1.54) is 6.40 Å². The van der Waals surface area contributed by atoms with Gasteiger partial charge in [-0.2, -0.15) is 0 Å². The molecule has 2 aromatic carbocycles. The Balaban J connectivity index is 0.00000129. The van der Waals surface area contributed by atoms with Crippen LogP contribution in [0.3, 0.4) is 0 Å². The zero-order valence-corrected chi connectivity index (χ0v) is 25.9. The molecule has 3 rings (SSSR count). The fourth-order valence-electron chi connectivity index (χ4n) is 3.23. The van der Waals surface area contributed by atoms with Crippen LogP contribution in [0.5, 0.6) is 5.75 Å². The van der Waals surface area contributed by atoms with Gasteiger partial charge in [-0.25, -0.2) is 9.98 Å². The third kappa shape index (κ3) is 8.22. The molecule has 0 atom stereocenters. The van der Waals surface area contributed by atoms with Gasteiger partial charge in [-0.3, -0.25) is 4.79 Å². The van der Waals surface area contributed by atoms with E-state index < -0.39 is 0 Å². The second kappa shape index (κ2) is 15.1. The molecule has 0 fully saturated rings. The van der Waals surface area contributed by atoms with Crippen LogP contribution in [0.2, 0.25) is 0 Å². The predicted molar refractivity (Wildman–Crippen MR) is 157 cm³/mol. The minimum absolute atomic E-state index is 0.116. The number of carbonyl (C=O) groups is 1. The number of benzene rings is 2. The Morgan fingerprint density at radius 2 is 1.74 bits per heavy atom. The summed E-state index contributed by atoms with van der Waals surface area (Å²) < 4.78 is 5.46. The van der Waals surface area contributed by atoms with Crippen molar-refractivity contribution in [2.75, 3.05) is 18.0 Å². The Kier molecular flexibility index (Phi) is 12.9. The maximum atomic E-state index is 12.5. The van der Waals surface area contributed by atoms with Crippen molar-refractivity contribution in [3.63, 3.8) is 0 Å². The quantitative estimate of drug-likeness (QED) is 0.126. The third-order valence-electron chi connectivity index (χ3n) is 5.09. The summed E-state index contributed by atoms with van der Waals surface area (Å²) in [6.45, 7) is 9.97. The predicted octanol–water partition coefficient (Wildman–Crippen LogP) is 7.77. The van der Waals surface area contributed by atoms with Crippen molar-refractivity contribution in [1.82, 2.24) is 0 Å². The van der Waals surface area contributed by atoms with Crippen LogP contribution in [0, 0.1) is 6.92 Å². The van der Waals surface area contributed by atoms with Gasteiger partial charge in [0, 0.05) is 18.8 Å². The van der Waals surface area contributed by atoms with Gasteiger partial charge >= 0.3 is 49.4 Å². The summed E-state index contributed by atoms with van der Waals surface area (Å²) in [5, 5.41) is 0.116. The van der Waals surface area contributed by atoms with Gasteiger partial charge in [0.25, 0.3) is 0 Å². The first-order valence-electron chi connectivity index (χ1n) is 10.6. The van der Waals surface area contributed by atoms with Crippen LogP contribution in [0.1, 0.15) is 26.3 Å². The summed E-state index contributed by atoms with van der Waals surface area (Å²) >= 11 is 11.0. The molecule has 0 amide bonds. The number of ether oxygens (including phenoxy) is 1. The number of rotatable bonds is 7. The van der Waals surface area contributed by atoms with Crippen LogP contribution in [0.25, 0.3) is 0 Å². The summed E-state index contributed by atoms with van der Waals surface area (Å²) in [5.41, 5.74) is 4.45. The van der Waals surface area contributed by atoms with Crippen molar-refractivity contribution >= 4 is 80.8 Å². The summed E-state index contributed by atoms with van der Waals surface area (Å²) in [6.07, 6.45) is 2.89. The number of anilines is 1. The van der Waals surface area contributed by atoms with E-state index in [0.717, 1.165) is 30.0 Å². The van der Waals surface area contributed by atoms with Crippen LogP contribution in [-0.4, -0.2) is 31.0 Å². The average molecular weight is 741 g/mol. The zero-order valence-electron chi connectivity index (χ0n) is 19.4. The van der Waals surface area contributed by atoms with E-state index in [-0.39, 0.29) is 16.5 Å².